The van der Waals surface area contributed by atoms with Crippen LogP contribution in [0.3, 0.4) is 0 Å². The largest absolute Gasteiger partial charge is 0.458 e. The number of likely N-dealkylation sites (tertiary alicyclic amines) is 1. The number of aliphatic imine (C=N–C) groups is 1. The van der Waals surface area contributed by atoms with Gasteiger partial charge in [-0.1, -0.05) is 108 Å². The van der Waals surface area contributed by atoms with Gasteiger partial charge in [0, 0.05) is 74.8 Å². The van der Waals surface area contributed by atoms with Crippen molar-refractivity contribution in [1.82, 2.24) is 26.2 Å². The smallest absolute Gasteiger partial charge is 0.350 e. The minimum Gasteiger partial charge on any atom is -0.458 e. The fourth-order valence-corrected chi connectivity index (χ4v) is 16.4. The molecule has 14 N–H and O–H groups in total. The molecular formula is C75H98N10O21S. The van der Waals surface area contributed by atoms with Crippen LogP contribution in [-0.4, -0.2) is 201 Å². The molecule has 31 nitrogen and oxygen atoms in total. The van der Waals surface area contributed by atoms with E-state index in [1.165, 1.54) is 45.0 Å². The third kappa shape index (κ3) is 19.0. The zero-order valence-electron chi connectivity index (χ0n) is 61.4. The number of rotatable bonds is 33. The van der Waals surface area contributed by atoms with E-state index in [4.69, 9.17) is 51.4 Å². The molecule has 107 heavy (non-hydrogen) atoms. The minimum atomic E-state index is -2.45. The lowest BCUT2D eigenvalue weighted by molar-refractivity contribution is -0.354. The van der Waals surface area contributed by atoms with Gasteiger partial charge < -0.3 is 82.8 Å². The lowest BCUT2D eigenvalue weighted by Crippen LogP contribution is -2.80. The van der Waals surface area contributed by atoms with Crippen LogP contribution in [0.4, 0.5) is 0 Å². The van der Waals surface area contributed by atoms with E-state index < -0.39 is 197 Å². The highest BCUT2D eigenvalue weighted by atomic mass is 32.2. The Bertz CT molecular complexity index is 3900. The first-order valence-electron chi connectivity index (χ1n) is 35.6. The summed E-state index contributed by atoms with van der Waals surface area (Å²) in [5, 5.41) is 36.1. The third-order valence-electron chi connectivity index (χ3n) is 21.2. The number of primary amides is 1. The van der Waals surface area contributed by atoms with Crippen molar-refractivity contribution in [1.29, 1.82) is 0 Å². The van der Waals surface area contributed by atoms with Crippen LogP contribution in [-0.2, 0) is 81.2 Å². The molecule has 3 aliphatic carbocycles. The summed E-state index contributed by atoms with van der Waals surface area (Å²) < 4.78 is 37.8. The van der Waals surface area contributed by atoms with Gasteiger partial charge in [-0.3, -0.25) is 62.6 Å². The lowest BCUT2D eigenvalue weighted by Gasteiger charge is -2.68. The van der Waals surface area contributed by atoms with E-state index in [-0.39, 0.29) is 103 Å². The van der Waals surface area contributed by atoms with Gasteiger partial charge in [0.05, 0.1) is 47.9 Å². The second-order valence-corrected chi connectivity index (χ2v) is 30.1. The number of thioether (sulfide) groups is 1. The number of ketones is 1. The van der Waals surface area contributed by atoms with Crippen LogP contribution in [0, 0.1) is 22.7 Å². The van der Waals surface area contributed by atoms with Crippen molar-refractivity contribution in [3.05, 3.63) is 119 Å². The molecular weight excluding hydrogens is 1410 g/mol. The van der Waals surface area contributed by atoms with Gasteiger partial charge in [-0.25, -0.2) is 9.59 Å². The Hall–Kier alpha value is -9.63. The maximum absolute atomic E-state index is 15.7. The van der Waals surface area contributed by atoms with Gasteiger partial charge in [0.15, 0.2) is 17.3 Å². The van der Waals surface area contributed by atoms with E-state index in [1.54, 1.807) is 101 Å². The number of guanidine groups is 1. The molecule has 17 atom stereocenters. The van der Waals surface area contributed by atoms with Crippen molar-refractivity contribution in [2.24, 2.45) is 50.6 Å². The van der Waals surface area contributed by atoms with Crippen LogP contribution < -0.4 is 44.2 Å². The molecule has 2 saturated carbocycles. The number of ether oxygens (including phenoxy) is 6. The highest BCUT2D eigenvalue weighted by molar-refractivity contribution is 8.00. The monoisotopic (exact) mass is 1510 g/mol. The number of benzene rings is 3. The summed E-state index contributed by atoms with van der Waals surface area (Å²) >= 11 is 0.833. The number of aliphatic hydroxyl groups is 2. The number of nitrogens with one attached hydrogen (secondary N) is 4. The average molecular weight is 1510 g/mol. The molecule has 32 heteroatoms. The molecule has 3 unspecified atom stereocenters. The molecule has 5 aliphatic rings. The summed E-state index contributed by atoms with van der Waals surface area (Å²) in [6.07, 6.45) is -11.3. The average Bonchev–Trinajstić information content (AvgIpc) is 0.922. The molecule has 0 aromatic heterocycles. The van der Waals surface area contributed by atoms with Crippen LogP contribution in [0.2, 0.25) is 0 Å². The van der Waals surface area contributed by atoms with Gasteiger partial charge in [0.25, 0.3) is 5.91 Å². The maximum atomic E-state index is 15.7. The summed E-state index contributed by atoms with van der Waals surface area (Å²) in [4.78, 5) is 185. The van der Waals surface area contributed by atoms with Gasteiger partial charge in [0.2, 0.25) is 41.5 Å². The number of carbonyl (C=O) groups is 13. The molecule has 2 aliphatic heterocycles. The summed E-state index contributed by atoms with van der Waals surface area (Å²) in [7, 11) is 0. The van der Waals surface area contributed by atoms with E-state index in [0.717, 1.165) is 16.7 Å². The molecule has 0 spiro atoms. The van der Waals surface area contributed by atoms with E-state index >= 15 is 4.79 Å². The van der Waals surface area contributed by atoms with Gasteiger partial charge in [-0.15, -0.1) is 11.8 Å². The predicted octanol–water partition coefficient (Wildman–Crippen LogP) is 2.09. The molecule has 2 bridgehead atoms. The molecule has 2 saturated heterocycles. The van der Waals surface area contributed by atoms with E-state index in [0.29, 0.717) is 6.42 Å². The normalized spacial score (nSPS) is 26.1. The van der Waals surface area contributed by atoms with Gasteiger partial charge in [-0.05, 0) is 86.4 Å². The Morgan fingerprint density at radius 1 is 0.757 bits per heavy atom. The first-order valence-corrected chi connectivity index (χ1v) is 36.7. The Morgan fingerprint density at radius 3 is 1.94 bits per heavy atom. The molecule has 7 amide bonds. The molecule has 3 aromatic carbocycles. The number of amides is 7. The van der Waals surface area contributed by atoms with Crippen LogP contribution >= 0.6 is 11.8 Å². The van der Waals surface area contributed by atoms with Gasteiger partial charge in [-0.2, -0.15) is 0 Å². The second kappa shape index (κ2) is 35.4. The number of hydrogen-bond acceptors (Lipinski definition) is 24. The third-order valence-corrected chi connectivity index (χ3v) is 22.5. The van der Waals surface area contributed by atoms with Crippen LogP contribution in [0.5, 0.6) is 0 Å². The minimum absolute atomic E-state index is 0.0176. The number of imide groups is 1. The van der Waals surface area contributed by atoms with E-state index in [2.05, 4.69) is 26.3 Å². The molecule has 0 radical (unpaired) electrons. The van der Waals surface area contributed by atoms with Crippen molar-refractivity contribution in [2.75, 3.05) is 25.4 Å². The predicted molar refractivity (Wildman–Crippen MR) is 386 cm³/mol. The van der Waals surface area contributed by atoms with Crippen molar-refractivity contribution < 1.29 is 101 Å². The zero-order chi connectivity index (χ0) is 78.6. The number of nitrogens with zero attached hydrogens (tertiary/aromatic N) is 2. The lowest BCUT2D eigenvalue weighted by atomic mass is 9.45. The standard InChI is InChI=1S/C75H98N10O21S/c1-10-39(2)59(41(4)86)83-67(96)49(28-29-55(77)90)82-66(95)48(27-20-31-80-71(78)79)81-65(94)47(76)37-107-52-33-56(91)85(68(52)97)32-30-57(92)104-61(60(44-21-14-11-15-22-44)84-64(93)45-23-16-12-17-24-45)70(99)103-50-36-75(100)63(105-69(98)46-25-18-13-19-26-46)62-73(9,53(89)34-54-74(62,38-101-54)106-43(6)88)35-51(102-42(5)87)58(40(50)3)72(75,7)8/h11-19,21-26,39,47-54,59-63,89,100H,10,20,27-38,76H2,1-9H3,(H2,77,90)(H,81,94)(H,82,95)(H,83,96)(H,84,93)(H4,78,79,80)/t39?,47-,48-,49-,50-,51-,52?,53-,54+,59-,60-,61+,62?,63-,73+,74-,75+/m0/s1. The fraction of sp³-hybridized carbons (Fsp3) is 0.547. The highest BCUT2D eigenvalue weighted by Gasteiger charge is 2.76. The summed E-state index contributed by atoms with van der Waals surface area (Å²) in [5.41, 5.74) is 16.3. The number of esters is 5. The van der Waals surface area contributed by atoms with E-state index in [9.17, 15) is 67.7 Å². The summed E-state index contributed by atoms with van der Waals surface area (Å²) in [6, 6.07) is 16.9. The Balaban J connectivity index is 1.06. The number of aliphatic hydroxyl groups excluding tert-OH is 1. The Morgan fingerprint density at radius 2 is 1.36 bits per heavy atom. The Labute approximate surface area is 623 Å². The maximum Gasteiger partial charge on any atom is 0.350 e. The Kier molecular flexibility index (Phi) is 27.5. The zero-order valence-corrected chi connectivity index (χ0v) is 62.2. The van der Waals surface area contributed by atoms with Crippen molar-refractivity contribution in [2.45, 2.75) is 210 Å². The number of carbonyl (C=O) groups excluding carboxylic acids is 13. The summed E-state index contributed by atoms with van der Waals surface area (Å²) in [6.45, 7) is 12.9. The number of fused-ring (bicyclic) bond motifs is 5. The SMILES string of the molecule is CCC(C)[C@H](NC(=O)[C@H](CCC(N)=O)NC(=O)[C@H](CCCN=C(N)N)NC(=O)[C@@H](N)CSC1CC(=O)N(CCC(=O)O[C@@H](C(=O)O[C@H]2C[C@@]3(O)[C@@H](OC(=O)c4ccccc4)C4[C@](C)(C[C@H](OC(C)=O)C(=C2C)C3(C)C)[C@@H](O)C[C@H]2OC[C@@]42OC(C)=O)[C@@H](NC(=O)c2ccccc2)c2ccccc2)C1=O)C(C)=O. The van der Waals surface area contributed by atoms with Crippen molar-refractivity contribution in [3.63, 3.8) is 0 Å². The van der Waals surface area contributed by atoms with E-state index in [1.807, 2.05) is 6.92 Å². The number of Topliss-reactive ketones (excluding diaryl/α,β-unsaturated/α-hetero) is 1. The van der Waals surface area contributed by atoms with Crippen LogP contribution in [0.1, 0.15) is 159 Å². The van der Waals surface area contributed by atoms with Gasteiger partial charge >= 0.3 is 29.8 Å². The first kappa shape index (κ1) is 83.0. The van der Waals surface area contributed by atoms with Crippen LogP contribution in [0.15, 0.2) is 107 Å². The summed E-state index contributed by atoms with van der Waals surface area (Å²) in [5.74, 6) is -13.1. The highest BCUT2D eigenvalue weighted by Crippen LogP contribution is 2.65. The molecule has 3 aromatic rings. The second-order valence-electron chi connectivity index (χ2n) is 28.8. The molecule has 580 valence electrons. The molecule has 8 rings (SSSR count). The first-order chi connectivity index (χ1) is 50.5. The fourth-order valence-electron chi connectivity index (χ4n) is 15.3. The quantitative estimate of drug-likeness (QED) is 0.00794. The molecule has 2 heterocycles. The number of hydrogen-bond donors (Lipinski definition) is 10. The number of nitrogens with two attached hydrogens (primary N) is 4. The molecule has 4 fully saturated rings. The van der Waals surface area contributed by atoms with Gasteiger partial charge in [0.1, 0.15) is 48.1 Å². The van der Waals surface area contributed by atoms with Crippen LogP contribution in [0.25, 0.3) is 0 Å². The van der Waals surface area contributed by atoms with Crippen molar-refractivity contribution in [3.8, 4) is 0 Å². The van der Waals surface area contributed by atoms with Crippen molar-refractivity contribution >= 4 is 94.7 Å². The topological polar surface area (TPSA) is 486 Å².